The average molecular weight is 262 g/mol. The maximum Gasteiger partial charge on any atom is 0.269 e. The van der Waals surface area contributed by atoms with E-state index in [9.17, 15) is 10.1 Å². The molecule has 2 rings (SSSR count). The topological polar surface area (TPSA) is 94.1 Å². The molecule has 1 unspecified atom stereocenters. The van der Waals surface area contributed by atoms with Crippen molar-refractivity contribution in [1.29, 1.82) is 0 Å². The van der Waals surface area contributed by atoms with Crippen molar-refractivity contribution < 1.29 is 9.45 Å². The number of nitro benzene ring substituents is 1. The maximum absolute atomic E-state index is 10.7. The van der Waals surface area contributed by atoms with Gasteiger partial charge in [-0.15, -0.1) is 0 Å². The van der Waals surface area contributed by atoms with E-state index in [1.807, 2.05) is 13.0 Å². The molecule has 0 saturated heterocycles. The van der Waals surface area contributed by atoms with Crippen LogP contribution in [0.4, 0.5) is 5.69 Å². The first-order valence-corrected chi connectivity index (χ1v) is 5.83. The molecule has 0 aliphatic heterocycles. The van der Waals surface area contributed by atoms with E-state index in [1.54, 1.807) is 19.1 Å². The van der Waals surface area contributed by atoms with Crippen LogP contribution in [0.15, 0.2) is 28.8 Å². The first-order valence-electron chi connectivity index (χ1n) is 5.83. The van der Waals surface area contributed by atoms with Crippen LogP contribution in [0.3, 0.4) is 0 Å². The van der Waals surface area contributed by atoms with E-state index in [-0.39, 0.29) is 11.7 Å². The number of nitrogens with one attached hydrogen (secondary N) is 1. The number of aryl methyl sites for hydroxylation is 1. The van der Waals surface area contributed by atoms with Gasteiger partial charge in [0.15, 0.2) is 5.82 Å². The van der Waals surface area contributed by atoms with Crippen LogP contribution in [0.2, 0.25) is 0 Å². The van der Waals surface area contributed by atoms with Crippen LogP contribution >= 0.6 is 0 Å². The Balaban J connectivity index is 2.01. The first-order chi connectivity index (χ1) is 9.06. The van der Waals surface area contributed by atoms with E-state index < -0.39 is 4.92 Å². The van der Waals surface area contributed by atoms with Crippen molar-refractivity contribution in [2.24, 2.45) is 0 Å². The lowest BCUT2D eigenvalue weighted by Crippen LogP contribution is -2.18. The summed E-state index contributed by atoms with van der Waals surface area (Å²) >= 11 is 0. The number of nitro groups is 1. The van der Waals surface area contributed by atoms with Crippen LogP contribution in [0, 0.1) is 17.0 Å². The third-order valence-electron chi connectivity index (χ3n) is 2.72. The Hall–Kier alpha value is -2.28. The fourth-order valence-corrected chi connectivity index (χ4v) is 1.68. The number of aromatic nitrogens is 2. The molecule has 0 radical (unpaired) electrons. The van der Waals surface area contributed by atoms with Crippen LogP contribution in [0.25, 0.3) is 0 Å². The average Bonchev–Trinajstić information content (AvgIpc) is 2.82. The summed E-state index contributed by atoms with van der Waals surface area (Å²) in [6, 6.07) is 6.49. The van der Waals surface area contributed by atoms with Crippen molar-refractivity contribution in [3.05, 3.63) is 51.7 Å². The summed E-state index contributed by atoms with van der Waals surface area (Å²) < 4.78 is 4.86. The quantitative estimate of drug-likeness (QED) is 0.655. The number of hydrogen-bond donors (Lipinski definition) is 1. The monoisotopic (exact) mass is 262 g/mol. The van der Waals surface area contributed by atoms with Gasteiger partial charge in [-0.25, -0.2) is 0 Å². The minimum atomic E-state index is -0.404. The second-order valence-electron chi connectivity index (χ2n) is 4.18. The van der Waals surface area contributed by atoms with Gasteiger partial charge in [0.2, 0.25) is 5.89 Å². The number of nitrogens with zero attached hydrogens (tertiary/aromatic N) is 3. The zero-order valence-corrected chi connectivity index (χ0v) is 10.7. The summed E-state index contributed by atoms with van der Waals surface area (Å²) in [5, 5.41) is 17.7. The highest BCUT2D eigenvalue weighted by molar-refractivity contribution is 5.35. The lowest BCUT2D eigenvalue weighted by atomic mass is 10.1. The molecule has 19 heavy (non-hydrogen) atoms. The molecule has 1 atom stereocenters. The van der Waals surface area contributed by atoms with Crippen molar-refractivity contribution >= 4 is 5.69 Å². The van der Waals surface area contributed by atoms with Gasteiger partial charge < -0.3 is 9.84 Å². The predicted octanol–water partition coefficient (Wildman–Crippen LogP) is 2.14. The predicted molar refractivity (Wildman–Crippen MR) is 67.4 cm³/mol. The Morgan fingerprint density at radius 2 is 2.32 bits per heavy atom. The van der Waals surface area contributed by atoms with Crippen molar-refractivity contribution in [3.63, 3.8) is 0 Å². The highest BCUT2D eigenvalue weighted by Gasteiger charge is 2.11. The molecule has 7 heteroatoms. The molecule has 2 aromatic rings. The van der Waals surface area contributed by atoms with Crippen molar-refractivity contribution in [2.75, 3.05) is 0 Å². The molecule has 0 aliphatic carbocycles. The summed E-state index contributed by atoms with van der Waals surface area (Å²) in [6.45, 7) is 4.09. The molecular formula is C12H14N4O3. The van der Waals surface area contributed by atoms with E-state index in [4.69, 9.17) is 4.52 Å². The summed E-state index contributed by atoms with van der Waals surface area (Å²) in [5.41, 5.74) is 0.927. The summed E-state index contributed by atoms with van der Waals surface area (Å²) in [6.07, 6.45) is 0. The fraction of sp³-hybridized carbons (Fsp3) is 0.333. The van der Waals surface area contributed by atoms with Gasteiger partial charge in [-0.3, -0.25) is 10.1 Å². The van der Waals surface area contributed by atoms with Gasteiger partial charge in [0.25, 0.3) is 5.69 Å². The molecule has 0 fully saturated rings. The molecular weight excluding hydrogens is 248 g/mol. The highest BCUT2D eigenvalue weighted by Crippen LogP contribution is 2.19. The highest BCUT2D eigenvalue weighted by atomic mass is 16.6. The number of benzene rings is 1. The van der Waals surface area contributed by atoms with Crippen molar-refractivity contribution in [2.45, 2.75) is 26.4 Å². The van der Waals surface area contributed by atoms with Crippen LogP contribution in [-0.2, 0) is 6.54 Å². The van der Waals surface area contributed by atoms with Crippen molar-refractivity contribution in [3.8, 4) is 0 Å². The smallest absolute Gasteiger partial charge is 0.269 e. The zero-order chi connectivity index (χ0) is 13.8. The second kappa shape index (κ2) is 5.57. The molecule has 7 nitrogen and oxygen atoms in total. The molecule has 1 heterocycles. The molecule has 1 N–H and O–H groups in total. The minimum Gasteiger partial charge on any atom is -0.340 e. The number of hydrogen-bond acceptors (Lipinski definition) is 6. The lowest BCUT2D eigenvalue weighted by Gasteiger charge is -2.12. The normalized spacial score (nSPS) is 12.3. The van der Waals surface area contributed by atoms with E-state index in [2.05, 4.69) is 15.5 Å². The van der Waals surface area contributed by atoms with Crippen LogP contribution in [0.5, 0.6) is 0 Å². The van der Waals surface area contributed by atoms with Gasteiger partial charge in [-0.1, -0.05) is 17.3 Å². The van der Waals surface area contributed by atoms with E-state index in [0.29, 0.717) is 18.3 Å². The molecule has 100 valence electrons. The second-order valence-corrected chi connectivity index (χ2v) is 4.18. The lowest BCUT2D eigenvalue weighted by molar-refractivity contribution is -0.384. The van der Waals surface area contributed by atoms with Crippen LogP contribution in [-0.4, -0.2) is 15.1 Å². The van der Waals surface area contributed by atoms with Crippen molar-refractivity contribution in [1.82, 2.24) is 15.5 Å². The van der Waals surface area contributed by atoms with Gasteiger partial charge in [0, 0.05) is 25.1 Å². The minimum absolute atomic E-state index is 0.0429. The largest absolute Gasteiger partial charge is 0.340 e. The first kappa shape index (κ1) is 13.2. The molecule has 0 amide bonds. The standard InChI is InChI=1S/C12H14N4O3/c1-8(13-7-12-14-9(2)19-15-12)10-4-3-5-11(6-10)16(17)18/h3-6,8,13H,7H2,1-2H3. The number of rotatable bonds is 5. The van der Waals surface area contributed by atoms with E-state index in [1.165, 1.54) is 6.07 Å². The third-order valence-corrected chi connectivity index (χ3v) is 2.72. The zero-order valence-electron chi connectivity index (χ0n) is 10.7. The summed E-state index contributed by atoms with van der Waals surface area (Å²) in [4.78, 5) is 14.4. The van der Waals surface area contributed by atoms with Gasteiger partial charge >= 0.3 is 0 Å². The number of non-ortho nitro benzene ring substituents is 1. The Kier molecular flexibility index (Phi) is 3.86. The Labute approximate surface area is 109 Å². The van der Waals surface area contributed by atoms with Gasteiger partial charge in [0.1, 0.15) is 0 Å². The molecule has 0 spiro atoms. The van der Waals surface area contributed by atoms with Crippen LogP contribution < -0.4 is 5.32 Å². The Morgan fingerprint density at radius 3 is 2.95 bits per heavy atom. The van der Waals surface area contributed by atoms with E-state index >= 15 is 0 Å². The van der Waals surface area contributed by atoms with Gasteiger partial charge in [0.05, 0.1) is 11.5 Å². The van der Waals surface area contributed by atoms with Gasteiger partial charge in [-0.2, -0.15) is 4.98 Å². The summed E-state index contributed by atoms with van der Waals surface area (Å²) in [7, 11) is 0. The maximum atomic E-state index is 10.7. The van der Waals surface area contributed by atoms with Gasteiger partial charge in [-0.05, 0) is 12.5 Å². The molecule has 1 aromatic heterocycles. The molecule has 0 aliphatic rings. The van der Waals surface area contributed by atoms with Crippen LogP contribution in [0.1, 0.15) is 30.2 Å². The molecule has 1 aromatic carbocycles. The molecule has 0 saturated carbocycles. The SMILES string of the molecule is Cc1nc(CNC(C)c2cccc([N+](=O)[O-])c2)no1. The summed E-state index contributed by atoms with van der Waals surface area (Å²) in [5.74, 6) is 1.08. The molecule has 0 bridgehead atoms. The van der Waals surface area contributed by atoms with E-state index in [0.717, 1.165) is 5.56 Å². The Morgan fingerprint density at radius 1 is 1.53 bits per heavy atom. The fourth-order valence-electron chi connectivity index (χ4n) is 1.68. The third kappa shape index (κ3) is 3.35. The Bertz CT molecular complexity index is 582.